The minimum absolute atomic E-state index is 0.261. The molecule has 4 heteroatoms. The summed E-state index contributed by atoms with van der Waals surface area (Å²) in [6.45, 7) is 3.92. The molecule has 0 saturated heterocycles. The Morgan fingerprint density at radius 3 is 2.82 bits per heavy atom. The van der Waals surface area contributed by atoms with Crippen LogP contribution in [0.1, 0.15) is 18.4 Å². The van der Waals surface area contributed by atoms with Crippen molar-refractivity contribution in [2.45, 2.75) is 26.3 Å². The highest BCUT2D eigenvalue weighted by atomic mass is 19.1. The molecular weight excluding hydrogens is 217 g/mol. The molecule has 17 heavy (non-hydrogen) atoms. The standard InChI is InChI=1S/C13H16FN3/c1-8(15-3)6-12-11-5-4-10(14)7-13(11)17-9(2)16-12/h4-5,7-8,15H,6H2,1-3H3. The number of nitrogens with one attached hydrogen (secondary N) is 1. The zero-order chi connectivity index (χ0) is 12.4. The monoisotopic (exact) mass is 233 g/mol. The highest BCUT2D eigenvalue weighted by Gasteiger charge is 2.09. The lowest BCUT2D eigenvalue weighted by Gasteiger charge is -2.12. The van der Waals surface area contributed by atoms with Crippen LogP contribution < -0.4 is 5.32 Å². The normalized spacial score (nSPS) is 12.9. The second-order valence-corrected chi connectivity index (χ2v) is 4.27. The summed E-state index contributed by atoms with van der Waals surface area (Å²) in [4.78, 5) is 8.70. The first-order valence-electron chi connectivity index (χ1n) is 5.70. The molecule has 3 nitrogen and oxygen atoms in total. The van der Waals surface area contributed by atoms with Gasteiger partial charge in [0.25, 0.3) is 0 Å². The summed E-state index contributed by atoms with van der Waals surface area (Å²) < 4.78 is 13.2. The molecule has 0 bridgehead atoms. The van der Waals surface area contributed by atoms with Gasteiger partial charge in [-0.05, 0) is 33.0 Å². The maximum absolute atomic E-state index is 13.2. The van der Waals surface area contributed by atoms with E-state index in [4.69, 9.17) is 0 Å². The van der Waals surface area contributed by atoms with Crippen LogP contribution in [-0.2, 0) is 6.42 Å². The number of rotatable bonds is 3. The predicted octanol–water partition coefficient (Wildman–Crippen LogP) is 2.23. The van der Waals surface area contributed by atoms with Crippen LogP contribution in [-0.4, -0.2) is 23.1 Å². The number of aromatic nitrogens is 2. The lowest BCUT2D eigenvalue weighted by molar-refractivity contribution is 0.601. The first-order valence-corrected chi connectivity index (χ1v) is 5.70. The fraction of sp³-hybridized carbons (Fsp3) is 0.385. The van der Waals surface area contributed by atoms with E-state index in [1.54, 1.807) is 6.07 Å². The minimum Gasteiger partial charge on any atom is -0.317 e. The number of fused-ring (bicyclic) bond motifs is 1. The predicted molar refractivity (Wildman–Crippen MR) is 66.5 cm³/mol. The topological polar surface area (TPSA) is 37.8 Å². The third kappa shape index (κ3) is 2.58. The van der Waals surface area contributed by atoms with E-state index < -0.39 is 0 Å². The number of benzene rings is 1. The molecule has 2 rings (SSSR count). The van der Waals surface area contributed by atoms with E-state index in [0.717, 1.165) is 17.5 Å². The molecule has 1 aromatic carbocycles. The molecule has 0 radical (unpaired) electrons. The number of nitrogens with zero attached hydrogens (tertiary/aromatic N) is 2. The lowest BCUT2D eigenvalue weighted by atomic mass is 10.1. The molecule has 0 aliphatic rings. The van der Waals surface area contributed by atoms with Gasteiger partial charge in [0.1, 0.15) is 11.6 Å². The Labute approximate surface area is 100 Å². The van der Waals surface area contributed by atoms with Gasteiger partial charge in [-0.3, -0.25) is 0 Å². The molecular formula is C13H16FN3. The van der Waals surface area contributed by atoms with Crippen molar-refractivity contribution in [2.75, 3.05) is 7.05 Å². The molecule has 0 aliphatic carbocycles. The first-order chi connectivity index (χ1) is 8.10. The van der Waals surface area contributed by atoms with Gasteiger partial charge in [-0.25, -0.2) is 14.4 Å². The van der Waals surface area contributed by atoms with Crippen LogP contribution >= 0.6 is 0 Å². The number of hydrogen-bond donors (Lipinski definition) is 1. The lowest BCUT2D eigenvalue weighted by Crippen LogP contribution is -2.24. The van der Waals surface area contributed by atoms with Crippen LogP contribution in [0.25, 0.3) is 10.9 Å². The largest absolute Gasteiger partial charge is 0.317 e. The average Bonchev–Trinajstić information content (AvgIpc) is 2.27. The van der Waals surface area contributed by atoms with E-state index in [1.807, 2.05) is 14.0 Å². The smallest absolute Gasteiger partial charge is 0.126 e. The number of hydrogen-bond acceptors (Lipinski definition) is 3. The summed E-state index contributed by atoms with van der Waals surface area (Å²) >= 11 is 0. The third-order valence-electron chi connectivity index (χ3n) is 2.84. The second-order valence-electron chi connectivity index (χ2n) is 4.27. The molecule has 1 unspecified atom stereocenters. The summed E-state index contributed by atoms with van der Waals surface area (Å²) in [6.07, 6.45) is 0.808. The van der Waals surface area contributed by atoms with Crippen molar-refractivity contribution < 1.29 is 4.39 Å². The molecule has 0 spiro atoms. The Morgan fingerprint density at radius 2 is 2.12 bits per heavy atom. The van der Waals surface area contributed by atoms with Crippen molar-refractivity contribution in [1.82, 2.24) is 15.3 Å². The van der Waals surface area contributed by atoms with E-state index in [2.05, 4.69) is 22.2 Å². The Bertz CT molecular complexity index is 534. The number of halogens is 1. The molecule has 1 N–H and O–H groups in total. The molecule has 0 amide bonds. The van der Waals surface area contributed by atoms with E-state index in [9.17, 15) is 4.39 Å². The van der Waals surface area contributed by atoms with Gasteiger partial charge in [0.05, 0.1) is 11.2 Å². The first kappa shape index (κ1) is 11.9. The zero-order valence-corrected chi connectivity index (χ0v) is 10.3. The Morgan fingerprint density at radius 1 is 1.35 bits per heavy atom. The Hall–Kier alpha value is -1.55. The second kappa shape index (κ2) is 4.75. The van der Waals surface area contributed by atoms with Gasteiger partial charge >= 0.3 is 0 Å². The van der Waals surface area contributed by atoms with Crippen molar-refractivity contribution >= 4 is 10.9 Å². The van der Waals surface area contributed by atoms with Gasteiger partial charge in [0.15, 0.2) is 0 Å². The number of aryl methyl sites for hydroxylation is 1. The fourth-order valence-electron chi connectivity index (χ4n) is 1.84. The summed E-state index contributed by atoms with van der Waals surface area (Å²) in [5.74, 6) is 0.421. The van der Waals surface area contributed by atoms with Gasteiger partial charge in [0, 0.05) is 23.9 Å². The Balaban J connectivity index is 2.53. The summed E-state index contributed by atoms with van der Waals surface area (Å²) in [7, 11) is 1.92. The van der Waals surface area contributed by atoms with Crippen molar-refractivity contribution in [3.8, 4) is 0 Å². The van der Waals surface area contributed by atoms with Crippen LogP contribution in [0.5, 0.6) is 0 Å². The van der Waals surface area contributed by atoms with Crippen molar-refractivity contribution in [3.05, 3.63) is 35.5 Å². The molecule has 1 atom stereocenters. The molecule has 1 aromatic heterocycles. The number of likely N-dealkylation sites (N-methyl/N-ethyl adjacent to an activating group) is 1. The molecule has 1 heterocycles. The van der Waals surface area contributed by atoms with Gasteiger partial charge in [0.2, 0.25) is 0 Å². The van der Waals surface area contributed by atoms with Crippen LogP contribution in [0.2, 0.25) is 0 Å². The van der Waals surface area contributed by atoms with E-state index in [1.165, 1.54) is 12.1 Å². The highest BCUT2D eigenvalue weighted by Crippen LogP contribution is 2.18. The maximum atomic E-state index is 13.2. The Kier molecular flexibility index (Phi) is 3.33. The third-order valence-corrected chi connectivity index (χ3v) is 2.84. The van der Waals surface area contributed by atoms with E-state index >= 15 is 0 Å². The minimum atomic E-state index is -0.261. The van der Waals surface area contributed by atoms with Gasteiger partial charge in [-0.1, -0.05) is 0 Å². The SMILES string of the molecule is CNC(C)Cc1nc(C)nc2cc(F)ccc12. The summed E-state index contributed by atoms with van der Waals surface area (Å²) in [6, 6.07) is 4.99. The molecule has 2 aromatic rings. The van der Waals surface area contributed by atoms with Crippen LogP contribution in [0.3, 0.4) is 0 Å². The fourth-order valence-corrected chi connectivity index (χ4v) is 1.84. The average molecular weight is 233 g/mol. The zero-order valence-electron chi connectivity index (χ0n) is 10.3. The van der Waals surface area contributed by atoms with E-state index in [-0.39, 0.29) is 5.82 Å². The molecule has 0 aliphatic heterocycles. The molecule has 0 saturated carbocycles. The van der Waals surface area contributed by atoms with Crippen molar-refractivity contribution in [3.63, 3.8) is 0 Å². The maximum Gasteiger partial charge on any atom is 0.126 e. The quantitative estimate of drug-likeness (QED) is 0.883. The van der Waals surface area contributed by atoms with Gasteiger partial charge < -0.3 is 5.32 Å². The van der Waals surface area contributed by atoms with Crippen molar-refractivity contribution in [2.24, 2.45) is 0 Å². The van der Waals surface area contributed by atoms with Crippen molar-refractivity contribution in [1.29, 1.82) is 0 Å². The summed E-state index contributed by atoms with van der Waals surface area (Å²) in [5.41, 5.74) is 1.64. The highest BCUT2D eigenvalue weighted by molar-refractivity contribution is 5.81. The summed E-state index contributed by atoms with van der Waals surface area (Å²) in [5, 5.41) is 4.10. The van der Waals surface area contributed by atoms with Crippen LogP contribution in [0.4, 0.5) is 4.39 Å². The van der Waals surface area contributed by atoms with E-state index in [0.29, 0.717) is 17.4 Å². The molecule has 0 fully saturated rings. The van der Waals surface area contributed by atoms with Gasteiger partial charge in [-0.2, -0.15) is 0 Å². The van der Waals surface area contributed by atoms with Crippen LogP contribution in [0, 0.1) is 12.7 Å². The molecule has 90 valence electrons. The van der Waals surface area contributed by atoms with Crippen LogP contribution in [0.15, 0.2) is 18.2 Å². The van der Waals surface area contributed by atoms with Gasteiger partial charge in [-0.15, -0.1) is 0 Å².